The van der Waals surface area contributed by atoms with Crippen LogP contribution in [-0.2, 0) is 0 Å². The lowest BCUT2D eigenvalue weighted by molar-refractivity contribution is 1.60. The van der Waals surface area contributed by atoms with Crippen molar-refractivity contribution in [3.05, 3.63) is 46.4 Å². The summed E-state index contributed by atoms with van der Waals surface area (Å²) in [4.78, 5) is 0. The molecular weight excluding hydrogens is 243 g/mol. The first-order valence-corrected chi connectivity index (χ1v) is 5.44. The first-order valence-electron chi connectivity index (χ1n) is 4.68. The number of nitrogen functional groups attached to an aromatic ring is 2. The molecule has 82 valence electrons. The van der Waals surface area contributed by atoms with Crippen LogP contribution in [-0.4, -0.2) is 0 Å². The zero-order chi connectivity index (χ0) is 11.7. The molecule has 0 atom stereocenters. The molecule has 0 unspecified atom stereocenters. The number of halogens is 2. The molecule has 4 heteroatoms. The van der Waals surface area contributed by atoms with Crippen molar-refractivity contribution in [2.75, 3.05) is 11.5 Å². The second kappa shape index (κ2) is 4.24. The van der Waals surface area contributed by atoms with Crippen LogP contribution in [0.1, 0.15) is 0 Å². The van der Waals surface area contributed by atoms with E-state index >= 15 is 0 Å². The zero-order valence-corrected chi connectivity index (χ0v) is 9.89. The van der Waals surface area contributed by atoms with Gasteiger partial charge in [-0.15, -0.1) is 0 Å². The standard InChI is InChI=1S/C12H10Cl2N2/c13-7-1-3-11(15)9(5-7)10-6-8(14)2-4-12(10)16/h1-6H,15-16H2. The highest BCUT2D eigenvalue weighted by Gasteiger charge is 2.07. The van der Waals surface area contributed by atoms with Gasteiger partial charge in [0.15, 0.2) is 0 Å². The monoisotopic (exact) mass is 252 g/mol. The predicted molar refractivity (Wildman–Crippen MR) is 70.7 cm³/mol. The van der Waals surface area contributed by atoms with Crippen molar-refractivity contribution < 1.29 is 0 Å². The van der Waals surface area contributed by atoms with E-state index in [1.54, 1.807) is 36.4 Å². The minimum atomic E-state index is 0.614. The van der Waals surface area contributed by atoms with E-state index < -0.39 is 0 Å². The van der Waals surface area contributed by atoms with E-state index in [0.717, 1.165) is 11.1 Å². The van der Waals surface area contributed by atoms with Crippen molar-refractivity contribution in [3.8, 4) is 11.1 Å². The smallest absolute Gasteiger partial charge is 0.0413 e. The number of hydrogen-bond acceptors (Lipinski definition) is 2. The topological polar surface area (TPSA) is 52.0 Å². The van der Waals surface area contributed by atoms with Crippen LogP contribution in [0.2, 0.25) is 10.0 Å². The van der Waals surface area contributed by atoms with Gasteiger partial charge < -0.3 is 11.5 Å². The van der Waals surface area contributed by atoms with Crippen LogP contribution in [0.3, 0.4) is 0 Å². The van der Waals surface area contributed by atoms with Crippen molar-refractivity contribution >= 4 is 34.6 Å². The molecule has 0 aliphatic rings. The lowest BCUT2D eigenvalue weighted by Gasteiger charge is -2.09. The highest BCUT2D eigenvalue weighted by molar-refractivity contribution is 6.31. The minimum absolute atomic E-state index is 0.614. The average molecular weight is 253 g/mol. The van der Waals surface area contributed by atoms with Crippen molar-refractivity contribution in [3.63, 3.8) is 0 Å². The largest absolute Gasteiger partial charge is 0.398 e. The van der Waals surface area contributed by atoms with Crippen molar-refractivity contribution in [2.45, 2.75) is 0 Å². The summed E-state index contributed by atoms with van der Waals surface area (Å²) in [7, 11) is 0. The summed E-state index contributed by atoms with van der Waals surface area (Å²) in [6, 6.07) is 10.5. The maximum absolute atomic E-state index is 5.93. The Morgan fingerprint density at radius 3 is 1.44 bits per heavy atom. The van der Waals surface area contributed by atoms with Crippen LogP contribution in [0, 0.1) is 0 Å². The molecule has 0 aliphatic carbocycles. The normalized spacial score (nSPS) is 10.4. The Balaban J connectivity index is 2.66. The number of hydrogen-bond donors (Lipinski definition) is 2. The molecule has 0 spiro atoms. The SMILES string of the molecule is Nc1ccc(Cl)cc1-c1cc(Cl)ccc1N. The quantitative estimate of drug-likeness (QED) is 0.759. The maximum atomic E-state index is 5.93. The van der Waals surface area contributed by atoms with E-state index in [1.165, 1.54) is 0 Å². The van der Waals surface area contributed by atoms with Crippen LogP contribution in [0.25, 0.3) is 11.1 Å². The highest BCUT2D eigenvalue weighted by atomic mass is 35.5. The Morgan fingerprint density at radius 1 is 0.688 bits per heavy atom. The second-order valence-electron chi connectivity index (χ2n) is 3.46. The van der Waals surface area contributed by atoms with Gasteiger partial charge in [0.05, 0.1) is 0 Å². The van der Waals surface area contributed by atoms with Crippen LogP contribution in [0.5, 0.6) is 0 Å². The van der Waals surface area contributed by atoms with Crippen molar-refractivity contribution in [2.24, 2.45) is 0 Å². The Bertz CT molecular complexity index is 489. The van der Waals surface area contributed by atoms with E-state index in [9.17, 15) is 0 Å². The maximum Gasteiger partial charge on any atom is 0.0413 e. The molecular formula is C12H10Cl2N2. The summed E-state index contributed by atoms with van der Waals surface area (Å²) >= 11 is 11.9. The van der Waals surface area contributed by atoms with E-state index in [2.05, 4.69) is 0 Å². The molecule has 0 radical (unpaired) electrons. The predicted octanol–water partition coefficient (Wildman–Crippen LogP) is 3.82. The molecule has 0 saturated heterocycles. The van der Waals surface area contributed by atoms with Crippen LogP contribution in [0.4, 0.5) is 11.4 Å². The Morgan fingerprint density at radius 2 is 1.06 bits per heavy atom. The van der Waals surface area contributed by atoms with Gasteiger partial charge in [0.2, 0.25) is 0 Å². The molecule has 2 aromatic rings. The van der Waals surface area contributed by atoms with Gasteiger partial charge in [-0.1, -0.05) is 23.2 Å². The number of rotatable bonds is 1. The summed E-state index contributed by atoms with van der Waals surface area (Å²) in [6.45, 7) is 0. The molecule has 0 fully saturated rings. The lowest BCUT2D eigenvalue weighted by Crippen LogP contribution is -1.94. The fourth-order valence-corrected chi connectivity index (χ4v) is 1.87. The fraction of sp³-hybridized carbons (Fsp3) is 0. The number of anilines is 2. The third kappa shape index (κ3) is 2.08. The van der Waals surface area contributed by atoms with Gasteiger partial charge in [0.1, 0.15) is 0 Å². The molecule has 0 aliphatic heterocycles. The molecule has 4 N–H and O–H groups in total. The van der Waals surface area contributed by atoms with Crippen LogP contribution in [0.15, 0.2) is 36.4 Å². The third-order valence-electron chi connectivity index (χ3n) is 2.32. The highest BCUT2D eigenvalue weighted by Crippen LogP contribution is 2.34. The second-order valence-corrected chi connectivity index (χ2v) is 4.34. The van der Waals surface area contributed by atoms with Crippen LogP contribution >= 0.6 is 23.2 Å². The summed E-state index contributed by atoms with van der Waals surface area (Å²) in [5.41, 5.74) is 14.6. The molecule has 0 bridgehead atoms. The molecule has 0 aromatic heterocycles. The van der Waals surface area contributed by atoms with E-state index in [-0.39, 0.29) is 0 Å². The van der Waals surface area contributed by atoms with Gasteiger partial charge >= 0.3 is 0 Å². The Hall–Kier alpha value is -1.38. The van der Waals surface area contributed by atoms with Crippen LogP contribution < -0.4 is 11.5 Å². The van der Waals surface area contributed by atoms with Gasteiger partial charge in [-0.2, -0.15) is 0 Å². The van der Waals surface area contributed by atoms with E-state index in [4.69, 9.17) is 34.7 Å². The Kier molecular flexibility index (Phi) is 2.95. The molecule has 0 saturated carbocycles. The van der Waals surface area contributed by atoms with Gasteiger partial charge in [-0.25, -0.2) is 0 Å². The van der Waals surface area contributed by atoms with Crippen molar-refractivity contribution in [1.82, 2.24) is 0 Å². The van der Waals surface area contributed by atoms with E-state index in [0.29, 0.717) is 21.4 Å². The number of nitrogens with two attached hydrogens (primary N) is 2. The summed E-state index contributed by atoms with van der Waals surface area (Å²) in [5, 5.41) is 1.23. The van der Waals surface area contributed by atoms with Gasteiger partial charge in [-0.05, 0) is 36.4 Å². The molecule has 16 heavy (non-hydrogen) atoms. The average Bonchev–Trinajstić information content (AvgIpc) is 2.25. The summed E-state index contributed by atoms with van der Waals surface area (Å²) in [5.74, 6) is 0. The lowest BCUT2D eigenvalue weighted by atomic mass is 10.0. The van der Waals surface area contributed by atoms with Gasteiger partial charge in [0, 0.05) is 32.5 Å². The summed E-state index contributed by atoms with van der Waals surface area (Å²) < 4.78 is 0. The Labute approximate surface area is 104 Å². The van der Waals surface area contributed by atoms with Gasteiger partial charge in [-0.3, -0.25) is 0 Å². The minimum Gasteiger partial charge on any atom is -0.398 e. The molecule has 2 rings (SSSR count). The van der Waals surface area contributed by atoms with E-state index in [1.807, 2.05) is 0 Å². The number of benzene rings is 2. The molecule has 0 amide bonds. The fourth-order valence-electron chi connectivity index (χ4n) is 1.52. The van der Waals surface area contributed by atoms with Crippen molar-refractivity contribution in [1.29, 1.82) is 0 Å². The zero-order valence-electron chi connectivity index (χ0n) is 8.37. The van der Waals surface area contributed by atoms with Gasteiger partial charge in [0.25, 0.3) is 0 Å². The third-order valence-corrected chi connectivity index (χ3v) is 2.79. The first-order chi connectivity index (χ1) is 7.58. The molecule has 2 nitrogen and oxygen atoms in total. The summed E-state index contributed by atoms with van der Waals surface area (Å²) in [6.07, 6.45) is 0. The first kappa shape index (κ1) is 11.1. The molecule has 2 aromatic carbocycles. The molecule has 0 heterocycles.